The van der Waals surface area contributed by atoms with Crippen LogP contribution >= 0.6 is 0 Å². The van der Waals surface area contributed by atoms with E-state index in [-0.39, 0.29) is 5.60 Å². The second kappa shape index (κ2) is 14.2. The Balaban J connectivity index is 1.20. The Morgan fingerprint density at radius 2 is 1.32 bits per heavy atom. The van der Waals surface area contributed by atoms with Crippen molar-refractivity contribution in [3.8, 4) is 5.75 Å². The fourth-order valence-electron chi connectivity index (χ4n) is 5.72. The molecule has 1 aliphatic carbocycles. The van der Waals surface area contributed by atoms with Crippen LogP contribution in [0.15, 0.2) is 24.3 Å². The Morgan fingerprint density at radius 1 is 0.774 bits per heavy atom. The van der Waals surface area contributed by atoms with Crippen molar-refractivity contribution in [1.29, 1.82) is 0 Å². The van der Waals surface area contributed by atoms with Gasteiger partial charge < -0.3 is 10.1 Å². The van der Waals surface area contributed by atoms with Crippen molar-refractivity contribution in [3.63, 3.8) is 0 Å². The molecule has 1 fully saturated rings. The molecular weight excluding hydrogens is 378 g/mol. The lowest BCUT2D eigenvalue weighted by atomic mass is 9.86. The van der Waals surface area contributed by atoms with Gasteiger partial charge in [-0.1, -0.05) is 109 Å². The van der Waals surface area contributed by atoms with E-state index in [1.54, 1.807) is 0 Å². The zero-order valence-corrected chi connectivity index (χ0v) is 20.4. The molecule has 2 heteroatoms. The lowest BCUT2D eigenvalue weighted by Crippen LogP contribution is -2.42. The summed E-state index contributed by atoms with van der Waals surface area (Å²) in [4.78, 5) is 0. The van der Waals surface area contributed by atoms with Gasteiger partial charge in [0, 0.05) is 18.0 Å². The van der Waals surface area contributed by atoms with Gasteiger partial charge in [0.25, 0.3) is 0 Å². The second-order valence-corrected chi connectivity index (χ2v) is 10.3. The number of ether oxygens (including phenoxy) is 1. The summed E-state index contributed by atoms with van der Waals surface area (Å²) in [5.41, 5.74) is 1.49. The Labute approximate surface area is 192 Å². The van der Waals surface area contributed by atoms with E-state index < -0.39 is 0 Å². The van der Waals surface area contributed by atoms with Gasteiger partial charge in [0.2, 0.25) is 0 Å². The average molecular weight is 428 g/mol. The van der Waals surface area contributed by atoms with Crippen molar-refractivity contribution < 1.29 is 4.74 Å². The molecule has 0 bridgehead atoms. The van der Waals surface area contributed by atoms with Gasteiger partial charge in [0.15, 0.2) is 0 Å². The lowest BCUT2D eigenvalue weighted by Gasteiger charge is -2.40. The summed E-state index contributed by atoms with van der Waals surface area (Å²) >= 11 is 0. The Kier molecular flexibility index (Phi) is 11.3. The number of para-hydroxylation sites is 1. The molecule has 176 valence electrons. The lowest BCUT2D eigenvalue weighted by molar-refractivity contribution is 0.0367. The first kappa shape index (κ1) is 24.6. The normalized spacial score (nSPS) is 19.5. The minimum Gasteiger partial charge on any atom is -0.487 e. The smallest absolute Gasteiger partial charge is 0.124 e. The highest BCUT2D eigenvalue weighted by Gasteiger charge is 2.42. The van der Waals surface area contributed by atoms with Crippen LogP contribution in [-0.2, 0) is 0 Å². The molecule has 1 heterocycles. The first-order chi connectivity index (χ1) is 15.3. The van der Waals surface area contributed by atoms with Gasteiger partial charge in [0.1, 0.15) is 11.4 Å². The van der Waals surface area contributed by atoms with Crippen LogP contribution in [0.1, 0.15) is 141 Å². The Hall–Kier alpha value is -1.02. The highest BCUT2D eigenvalue weighted by Crippen LogP contribution is 2.46. The zero-order chi connectivity index (χ0) is 21.6. The third kappa shape index (κ3) is 8.44. The molecule has 2 nitrogen and oxygen atoms in total. The van der Waals surface area contributed by atoms with Gasteiger partial charge in [-0.25, -0.2) is 0 Å². The number of unbranched alkanes of at least 4 members (excludes halogenated alkanes) is 13. The van der Waals surface area contributed by atoms with Crippen LogP contribution in [-0.4, -0.2) is 12.1 Å². The molecule has 1 aliphatic heterocycles. The summed E-state index contributed by atoms with van der Waals surface area (Å²) < 4.78 is 6.50. The Morgan fingerprint density at radius 3 is 1.94 bits per heavy atom. The molecule has 1 aromatic carbocycles. The first-order valence-electron chi connectivity index (χ1n) is 13.8. The van der Waals surface area contributed by atoms with Crippen LogP contribution in [0.25, 0.3) is 0 Å². The van der Waals surface area contributed by atoms with Crippen LogP contribution in [0.5, 0.6) is 5.75 Å². The second-order valence-electron chi connectivity index (χ2n) is 10.3. The van der Waals surface area contributed by atoms with E-state index in [2.05, 4.69) is 36.5 Å². The predicted molar refractivity (Wildman–Crippen MR) is 134 cm³/mol. The molecule has 3 rings (SSSR count). The number of hydrogen-bond donors (Lipinski definition) is 1. The standard InChI is InChI=1S/C29H49NO/c1-2-3-4-5-6-7-8-9-10-11-12-13-14-19-24-30-27-25-29(22-17-18-23-29)31-28-21-16-15-20-26(27)28/h15-16,20-21,27,30H,2-14,17-19,22-25H2,1H3. The summed E-state index contributed by atoms with van der Waals surface area (Å²) in [6, 6.07) is 9.20. The van der Waals surface area contributed by atoms with E-state index in [1.807, 2.05) is 0 Å². The maximum absolute atomic E-state index is 6.50. The van der Waals surface area contributed by atoms with Crippen molar-refractivity contribution in [3.05, 3.63) is 29.8 Å². The van der Waals surface area contributed by atoms with E-state index in [0.717, 1.165) is 18.7 Å². The highest BCUT2D eigenvalue weighted by atomic mass is 16.5. The maximum Gasteiger partial charge on any atom is 0.124 e. The summed E-state index contributed by atoms with van der Waals surface area (Å²) in [7, 11) is 0. The van der Waals surface area contributed by atoms with E-state index in [0.29, 0.717) is 6.04 Å². The van der Waals surface area contributed by atoms with Gasteiger partial charge in [-0.2, -0.15) is 0 Å². The van der Waals surface area contributed by atoms with Crippen molar-refractivity contribution in [1.82, 2.24) is 5.32 Å². The summed E-state index contributed by atoms with van der Waals surface area (Å²) in [5, 5.41) is 3.89. The van der Waals surface area contributed by atoms with Crippen molar-refractivity contribution in [2.24, 2.45) is 0 Å². The minimum absolute atomic E-state index is 0.113. The fraction of sp³-hybridized carbons (Fsp3) is 0.793. The van der Waals surface area contributed by atoms with Gasteiger partial charge in [-0.15, -0.1) is 0 Å². The molecule has 0 aromatic heterocycles. The quantitative estimate of drug-likeness (QED) is 0.266. The summed E-state index contributed by atoms with van der Waals surface area (Å²) in [6.45, 7) is 3.44. The molecule has 1 atom stereocenters. The van der Waals surface area contributed by atoms with Gasteiger partial charge in [-0.3, -0.25) is 0 Å². The highest BCUT2D eigenvalue weighted by molar-refractivity contribution is 5.39. The van der Waals surface area contributed by atoms with Gasteiger partial charge in [0.05, 0.1) is 0 Å². The number of fused-ring (bicyclic) bond motifs is 1. The Bertz CT molecular complexity index is 592. The molecule has 0 saturated heterocycles. The van der Waals surface area contributed by atoms with Crippen LogP contribution in [0, 0.1) is 0 Å². The summed E-state index contributed by atoms with van der Waals surface area (Å²) in [5.74, 6) is 1.13. The molecular formula is C29H49NO. The van der Waals surface area contributed by atoms with Gasteiger partial charge in [-0.05, 0) is 44.7 Å². The van der Waals surface area contributed by atoms with Gasteiger partial charge >= 0.3 is 0 Å². The average Bonchev–Trinajstić information content (AvgIpc) is 3.23. The minimum atomic E-state index is 0.113. The van der Waals surface area contributed by atoms with Crippen molar-refractivity contribution in [2.45, 2.75) is 141 Å². The molecule has 1 N–H and O–H groups in total. The third-order valence-corrected chi connectivity index (χ3v) is 7.63. The van der Waals surface area contributed by atoms with Crippen molar-refractivity contribution >= 4 is 0 Å². The maximum atomic E-state index is 6.50. The van der Waals surface area contributed by atoms with E-state index in [4.69, 9.17) is 4.74 Å². The molecule has 1 unspecified atom stereocenters. The van der Waals surface area contributed by atoms with E-state index in [1.165, 1.54) is 121 Å². The number of nitrogens with one attached hydrogen (secondary N) is 1. The van der Waals surface area contributed by atoms with Crippen LogP contribution in [0.4, 0.5) is 0 Å². The number of hydrogen-bond acceptors (Lipinski definition) is 2. The molecule has 0 radical (unpaired) electrons. The molecule has 1 aromatic rings. The SMILES string of the molecule is CCCCCCCCCCCCCCCCNC1CC2(CCCC2)Oc2ccccc21. The van der Waals surface area contributed by atoms with Crippen LogP contribution < -0.4 is 10.1 Å². The number of benzene rings is 1. The molecule has 0 amide bonds. The molecule has 2 aliphatic rings. The fourth-order valence-corrected chi connectivity index (χ4v) is 5.72. The topological polar surface area (TPSA) is 21.3 Å². The van der Waals surface area contributed by atoms with Crippen LogP contribution in [0.2, 0.25) is 0 Å². The molecule has 1 saturated carbocycles. The molecule has 1 spiro atoms. The van der Waals surface area contributed by atoms with E-state index in [9.17, 15) is 0 Å². The first-order valence-corrected chi connectivity index (χ1v) is 13.8. The largest absolute Gasteiger partial charge is 0.487 e. The summed E-state index contributed by atoms with van der Waals surface area (Å²) in [6.07, 6.45) is 26.3. The number of rotatable bonds is 16. The van der Waals surface area contributed by atoms with Crippen LogP contribution in [0.3, 0.4) is 0 Å². The third-order valence-electron chi connectivity index (χ3n) is 7.63. The van der Waals surface area contributed by atoms with Crippen molar-refractivity contribution in [2.75, 3.05) is 6.54 Å². The van der Waals surface area contributed by atoms with E-state index >= 15 is 0 Å². The zero-order valence-electron chi connectivity index (χ0n) is 20.4. The molecule has 31 heavy (non-hydrogen) atoms. The monoisotopic (exact) mass is 427 g/mol. The predicted octanol–water partition coefficient (Wildman–Crippen LogP) is 8.89.